The van der Waals surface area contributed by atoms with Crippen LogP contribution in [0.1, 0.15) is 62.7 Å². The minimum absolute atomic E-state index is 0.0312. The molecular formula is C26H36N4O2. The molecule has 0 saturated heterocycles. The van der Waals surface area contributed by atoms with Crippen LogP contribution in [0.15, 0.2) is 60.7 Å². The summed E-state index contributed by atoms with van der Waals surface area (Å²) >= 11 is 0. The van der Waals surface area contributed by atoms with Gasteiger partial charge in [-0.2, -0.15) is 0 Å². The predicted octanol–water partition coefficient (Wildman–Crippen LogP) is 4.91. The third-order valence-corrected chi connectivity index (χ3v) is 6.29. The van der Waals surface area contributed by atoms with E-state index in [2.05, 4.69) is 21.3 Å². The Morgan fingerprint density at radius 3 is 1.56 bits per heavy atom. The minimum atomic E-state index is -0.129. The molecular weight excluding hydrogens is 400 g/mol. The number of carbonyl (C=O) groups excluding carboxylic acids is 2. The number of nitrogens with one attached hydrogen (secondary N) is 4. The molecule has 0 spiro atoms. The number of carbonyl (C=O) groups is 2. The average Bonchev–Trinajstić information content (AvgIpc) is 2.83. The lowest BCUT2D eigenvalue weighted by Crippen LogP contribution is -2.42. The van der Waals surface area contributed by atoms with Crippen molar-refractivity contribution < 1.29 is 9.59 Å². The Morgan fingerprint density at radius 2 is 1.16 bits per heavy atom. The van der Waals surface area contributed by atoms with Gasteiger partial charge in [0.25, 0.3) is 0 Å². The summed E-state index contributed by atoms with van der Waals surface area (Å²) < 4.78 is 0. The molecule has 0 aliphatic heterocycles. The maximum atomic E-state index is 12.3. The van der Waals surface area contributed by atoms with Gasteiger partial charge >= 0.3 is 12.1 Å². The van der Waals surface area contributed by atoms with Crippen molar-refractivity contribution in [3.05, 3.63) is 71.8 Å². The topological polar surface area (TPSA) is 82.3 Å². The van der Waals surface area contributed by atoms with E-state index in [0.29, 0.717) is 24.9 Å². The summed E-state index contributed by atoms with van der Waals surface area (Å²) in [5.41, 5.74) is 2.18. The lowest BCUT2D eigenvalue weighted by molar-refractivity contribution is 0.219. The SMILES string of the molecule is C[C@H](NC(=O)NC[C@@H]1CCC[C@@H](CNC(=O)N[C@@H](C)c2ccccc2)C1)c1ccccc1. The van der Waals surface area contributed by atoms with Gasteiger partial charge in [0.2, 0.25) is 0 Å². The van der Waals surface area contributed by atoms with Gasteiger partial charge in [-0.05, 0) is 56.1 Å². The second kappa shape index (κ2) is 12.1. The molecule has 32 heavy (non-hydrogen) atoms. The molecule has 2 aromatic carbocycles. The van der Waals surface area contributed by atoms with Gasteiger partial charge in [0, 0.05) is 13.1 Å². The van der Waals surface area contributed by atoms with Crippen LogP contribution >= 0.6 is 0 Å². The standard InChI is InChI=1S/C26H36N4O2/c1-19(23-12-5-3-6-13-23)29-25(31)27-17-21-10-9-11-22(16-21)18-28-26(32)30-20(2)24-14-7-4-8-15-24/h3-8,12-15,19-22H,9-11,16-18H2,1-2H3,(H2,27,29,31)(H2,28,30,32)/t19-,20-,21+,22+/m0/s1. The van der Waals surface area contributed by atoms with Crippen molar-refractivity contribution >= 4 is 12.1 Å². The van der Waals surface area contributed by atoms with Crippen LogP contribution in [0.4, 0.5) is 9.59 Å². The van der Waals surface area contributed by atoms with Gasteiger partial charge in [-0.25, -0.2) is 9.59 Å². The zero-order valence-electron chi connectivity index (χ0n) is 19.1. The van der Waals surface area contributed by atoms with Crippen molar-refractivity contribution in [2.45, 2.75) is 51.6 Å². The maximum Gasteiger partial charge on any atom is 0.315 e. The highest BCUT2D eigenvalue weighted by Gasteiger charge is 2.23. The fraction of sp³-hybridized carbons (Fsp3) is 0.462. The van der Waals surface area contributed by atoms with Crippen LogP contribution in [0.5, 0.6) is 0 Å². The first-order valence-electron chi connectivity index (χ1n) is 11.7. The van der Waals surface area contributed by atoms with E-state index >= 15 is 0 Å². The lowest BCUT2D eigenvalue weighted by Gasteiger charge is -2.29. The highest BCUT2D eigenvalue weighted by Crippen LogP contribution is 2.28. The van der Waals surface area contributed by atoms with Crippen molar-refractivity contribution in [2.24, 2.45) is 11.8 Å². The normalized spacial score (nSPS) is 19.9. The van der Waals surface area contributed by atoms with Crippen LogP contribution < -0.4 is 21.3 Å². The Bertz CT molecular complexity index is 774. The van der Waals surface area contributed by atoms with Gasteiger partial charge < -0.3 is 21.3 Å². The van der Waals surface area contributed by atoms with Crippen molar-refractivity contribution in [2.75, 3.05) is 13.1 Å². The van der Waals surface area contributed by atoms with Crippen molar-refractivity contribution in [3.8, 4) is 0 Å². The molecule has 2 aromatic rings. The van der Waals surface area contributed by atoms with Gasteiger partial charge in [-0.3, -0.25) is 0 Å². The van der Waals surface area contributed by atoms with E-state index in [9.17, 15) is 9.59 Å². The van der Waals surface area contributed by atoms with Gasteiger partial charge in [0.1, 0.15) is 0 Å². The smallest absolute Gasteiger partial charge is 0.315 e. The number of amides is 4. The molecule has 0 aromatic heterocycles. The molecule has 4 N–H and O–H groups in total. The number of hydrogen-bond acceptors (Lipinski definition) is 2. The number of hydrogen-bond donors (Lipinski definition) is 4. The predicted molar refractivity (Wildman–Crippen MR) is 128 cm³/mol. The molecule has 0 heterocycles. The largest absolute Gasteiger partial charge is 0.338 e. The Morgan fingerprint density at radius 1 is 0.750 bits per heavy atom. The Labute approximate surface area is 191 Å². The highest BCUT2D eigenvalue weighted by molar-refractivity contribution is 5.74. The average molecular weight is 437 g/mol. The Hall–Kier alpha value is -3.02. The molecule has 1 aliphatic rings. The summed E-state index contributed by atoms with van der Waals surface area (Å²) in [7, 11) is 0. The van der Waals surface area contributed by atoms with E-state index in [1.807, 2.05) is 74.5 Å². The van der Waals surface area contributed by atoms with Crippen LogP contribution in [0.25, 0.3) is 0 Å². The molecule has 6 heteroatoms. The summed E-state index contributed by atoms with van der Waals surface area (Å²) in [6.07, 6.45) is 4.37. The zero-order valence-corrected chi connectivity index (χ0v) is 19.1. The Balaban J connectivity index is 1.35. The highest BCUT2D eigenvalue weighted by atomic mass is 16.2. The molecule has 4 atom stereocenters. The first kappa shape index (κ1) is 23.6. The van der Waals surface area contributed by atoms with Crippen LogP contribution in [0.2, 0.25) is 0 Å². The summed E-state index contributed by atoms with van der Waals surface area (Å²) in [5, 5.41) is 12.1. The summed E-state index contributed by atoms with van der Waals surface area (Å²) in [6.45, 7) is 5.31. The molecule has 4 amide bonds. The van der Waals surface area contributed by atoms with E-state index in [-0.39, 0.29) is 24.1 Å². The van der Waals surface area contributed by atoms with Crippen LogP contribution in [0, 0.1) is 11.8 Å². The first-order valence-corrected chi connectivity index (χ1v) is 11.7. The second-order valence-electron chi connectivity index (χ2n) is 8.87. The molecule has 0 bridgehead atoms. The van der Waals surface area contributed by atoms with Crippen molar-refractivity contribution in [1.29, 1.82) is 0 Å². The fourth-order valence-electron chi connectivity index (χ4n) is 4.39. The van der Waals surface area contributed by atoms with E-state index in [0.717, 1.165) is 36.8 Å². The molecule has 0 unspecified atom stereocenters. The number of urea groups is 2. The molecule has 1 saturated carbocycles. The van der Waals surface area contributed by atoms with Crippen LogP contribution in [0.3, 0.4) is 0 Å². The van der Waals surface area contributed by atoms with E-state index in [1.165, 1.54) is 0 Å². The molecule has 3 rings (SSSR count). The third-order valence-electron chi connectivity index (χ3n) is 6.29. The molecule has 0 radical (unpaired) electrons. The lowest BCUT2D eigenvalue weighted by atomic mass is 9.81. The number of rotatable bonds is 8. The van der Waals surface area contributed by atoms with Gasteiger partial charge in [0.05, 0.1) is 12.1 Å². The number of benzene rings is 2. The van der Waals surface area contributed by atoms with Crippen LogP contribution in [-0.2, 0) is 0 Å². The molecule has 1 aliphatic carbocycles. The fourth-order valence-corrected chi connectivity index (χ4v) is 4.39. The van der Waals surface area contributed by atoms with Gasteiger partial charge in [0.15, 0.2) is 0 Å². The van der Waals surface area contributed by atoms with Crippen molar-refractivity contribution in [3.63, 3.8) is 0 Å². The molecule has 172 valence electrons. The minimum Gasteiger partial charge on any atom is -0.338 e. The Kier molecular flexibility index (Phi) is 8.96. The summed E-state index contributed by atoms with van der Waals surface area (Å²) in [4.78, 5) is 24.6. The second-order valence-corrected chi connectivity index (χ2v) is 8.87. The van der Waals surface area contributed by atoms with E-state index in [1.54, 1.807) is 0 Å². The monoisotopic (exact) mass is 436 g/mol. The quantitative estimate of drug-likeness (QED) is 0.474. The third kappa shape index (κ3) is 7.59. The summed E-state index contributed by atoms with van der Waals surface area (Å²) in [6, 6.07) is 19.6. The maximum absolute atomic E-state index is 12.3. The first-order chi connectivity index (χ1) is 15.5. The van der Waals surface area contributed by atoms with Crippen molar-refractivity contribution in [1.82, 2.24) is 21.3 Å². The molecule has 1 fully saturated rings. The van der Waals surface area contributed by atoms with E-state index < -0.39 is 0 Å². The van der Waals surface area contributed by atoms with E-state index in [4.69, 9.17) is 0 Å². The van der Waals surface area contributed by atoms with Gasteiger partial charge in [-0.15, -0.1) is 0 Å². The van der Waals surface area contributed by atoms with Crippen LogP contribution in [-0.4, -0.2) is 25.2 Å². The summed E-state index contributed by atoms with van der Waals surface area (Å²) in [5.74, 6) is 0.888. The zero-order chi connectivity index (χ0) is 22.8. The van der Waals surface area contributed by atoms with Gasteiger partial charge in [-0.1, -0.05) is 67.1 Å². The molecule has 6 nitrogen and oxygen atoms in total.